The average molecular weight is 290 g/mol. The molecule has 1 amide bonds. The molecule has 0 spiro atoms. The van der Waals surface area contributed by atoms with Gasteiger partial charge in [0.05, 0.1) is 11.8 Å². The lowest BCUT2D eigenvalue weighted by atomic mass is 10.2. The number of carbonyl (C=O) groups excluding carboxylic acids is 1. The van der Waals surface area contributed by atoms with Crippen LogP contribution in [0.15, 0.2) is 0 Å². The first kappa shape index (κ1) is 16.4. The molecule has 0 bridgehead atoms. The Hall–Kier alpha value is -0.620. The standard InChI is InChI=1S/C13H26N2O3S/c1-12(15-8-6-4-5-7-9-15)13(16)14(2)10-11-19(3,17)18/h12H,4-11H2,1-3H3. The van der Waals surface area contributed by atoms with E-state index in [0.29, 0.717) is 0 Å². The predicted octanol–water partition coefficient (Wildman–Crippen LogP) is 0.754. The summed E-state index contributed by atoms with van der Waals surface area (Å²) in [6.45, 7) is 4.13. The first-order valence-corrected chi connectivity index (χ1v) is 9.04. The molecule has 0 saturated carbocycles. The molecule has 0 N–H and O–H groups in total. The van der Waals surface area contributed by atoms with Gasteiger partial charge in [-0.25, -0.2) is 8.42 Å². The van der Waals surface area contributed by atoms with Gasteiger partial charge in [-0.05, 0) is 32.9 Å². The highest BCUT2D eigenvalue weighted by Gasteiger charge is 2.24. The van der Waals surface area contributed by atoms with Crippen molar-refractivity contribution < 1.29 is 13.2 Å². The van der Waals surface area contributed by atoms with Crippen molar-refractivity contribution in [3.8, 4) is 0 Å². The van der Waals surface area contributed by atoms with Crippen molar-refractivity contribution in [1.82, 2.24) is 9.80 Å². The van der Waals surface area contributed by atoms with Crippen LogP contribution in [0.5, 0.6) is 0 Å². The van der Waals surface area contributed by atoms with E-state index >= 15 is 0 Å². The lowest BCUT2D eigenvalue weighted by Crippen LogP contribution is -2.47. The Morgan fingerprint density at radius 2 is 1.74 bits per heavy atom. The van der Waals surface area contributed by atoms with Crippen molar-refractivity contribution in [2.24, 2.45) is 0 Å². The number of nitrogens with zero attached hydrogens (tertiary/aromatic N) is 2. The average Bonchev–Trinajstić information content (AvgIpc) is 2.62. The number of amides is 1. The fourth-order valence-electron chi connectivity index (χ4n) is 2.37. The van der Waals surface area contributed by atoms with E-state index in [1.165, 1.54) is 24.0 Å². The topological polar surface area (TPSA) is 57.7 Å². The molecule has 1 aliphatic rings. The van der Waals surface area contributed by atoms with Gasteiger partial charge in [0.1, 0.15) is 9.84 Å². The molecule has 0 aliphatic carbocycles. The summed E-state index contributed by atoms with van der Waals surface area (Å²) in [6, 6.07) is -0.150. The van der Waals surface area contributed by atoms with Crippen LogP contribution in [0.2, 0.25) is 0 Å². The minimum Gasteiger partial charge on any atom is -0.343 e. The van der Waals surface area contributed by atoms with Crippen LogP contribution in [-0.2, 0) is 14.6 Å². The highest BCUT2D eigenvalue weighted by molar-refractivity contribution is 7.90. The van der Waals surface area contributed by atoms with Gasteiger partial charge in [-0.3, -0.25) is 9.69 Å². The van der Waals surface area contributed by atoms with Gasteiger partial charge in [-0.2, -0.15) is 0 Å². The van der Waals surface area contributed by atoms with Crippen molar-refractivity contribution in [3.63, 3.8) is 0 Å². The zero-order valence-corrected chi connectivity index (χ0v) is 13.1. The van der Waals surface area contributed by atoms with E-state index in [1.54, 1.807) is 7.05 Å². The second-order valence-electron chi connectivity index (χ2n) is 5.52. The number of hydrogen-bond acceptors (Lipinski definition) is 4. The summed E-state index contributed by atoms with van der Waals surface area (Å²) in [5.74, 6) is 0.0488. The summed E-state index contributed by atoms with van der Waals surface area (Å²) in [5.41, 5.74) is 0. The summed E-state index contributed by atoms with van der Waals surface area (Å²) in [6.07, 6.45) is 5.96. The molecule has 6 heteroatoms. The summed E-state index contributed by atoms with van der Waals surface area (Å²) >= 11 is 0. The fourth-order valence-corrected chi connectivity index (χ4v) is 2.98. The Kier molecular flexibility index (Phi) is 6.26. The van der Waals surface area contributed by atoms with E-state index < -0.39 is 9.84 Å². The number of sulfone groups is 1. The van der Waals surface area contributed by atoms with E-state index in [2.05, 4.69) is 4.90 Å². The van der Waals surface area contributed by atoms with Crippen molar-refractivity contribution in [2.45, 2.75) is 38.6 Å². The maximum Gasteiger partial charge on any atom is 0.239 e. The van der Waals surface area contributed by atoms with Crippen LogP contribution in [0.4, 0.5) is 0 Å². The van der Waals surface area contributed by atoms with E-state index in [-0.39, 0.29) is 24.2 Å². The number of carbonyl (C=O) groups is 1. The van der Waals surface area contributed by atoms with E-state index in [4.69, 9.17) is 0 Å². The van der Waals surface area contributed by atoms with Crippen LogP contribution in [0, 0.1) is 0 Å². The Morgan fingerprint density at radius 1 is 1.21 bits per heavy atom. The molecule has 1 unspecified atom stereocenters. The normalized spacial score (nSPS) is 19.7. The monoisotopic (exact) mass is 290 g/mol. The molecule has 1 aliphatic heterocycles. The SMILES string of the molecule is CC(C(=O)N(C)CCS(C)(=O)=O)N1CCCCCC1. The lowest BCUT2D eigenvalue weighted by Gasteiger charge is -2.30. The summed E-state index contributed by atoms with van der Waals surface area (Å²) in [5, 5.41) is 0. The van der Waals surface area contributed by atoms with Crippen LogP contribution in [0.3, 0.4) is 0 Å². The van der Waals surface area contributed by atoms with Gasteiger partial charge in [0, 0.05) is 19.8 Å². The number of hydrogen-bond donors (Lipinski definition) is 0. The van der Waals surface area contributed by atoms with Crippen LogP contribution in [0.25, 0.3) is 0 Å². The molecular weight excluding hydrogens is 264 g/mol. The molecule has 1 rings (SSSR count). The zero-order valence-electron chi connectivity index (χ0n) is 12.3. The fraction of sp³-hybridized carbons (Fsp3) is 0.923. The maximum atomic E-state index is 12.3. The second-order valence-corrected chi connectivity index (χ2v) is 7.78. The largest absolute Gasteiger partial charge is 0.343 e. The summed E-state index contributed by atoms with van der Waals surface area (Å²) in [7, 11) is -1.33. The van der Waals surface area contributed by atoms with Gasteiger partial charge in [0.15, 0.2) is 0 Å². The third-order valence-electron chi connectivity index (χ3n) is 3.72. The summed E-state index contributed by atoms with van der Waals surface area (Å²) in [4.78, 5) is 16.0. The van der Waals surface area contributed by atoms with Gasteiger partial charge in [0.2, 0.25) is 5.91 Å². The molecule has 1 atom stereocenters. The molecule has 0 radical (unpaired) electrons. The van der Waals surface area contributed by atoms with Crippen LogP contribution in [-0.4, -0.2) is 68.9 Å². The van der Waals surface area contributed by atoms with E-state index in [9.17, 15) is 13.2 Å². The van der Waals surface area contributed by atoms with Crippen LogP contribution < -0.4 is 0 Å². The first-order valence-electron chi connectivity index (χ1n) is 6.98. The third-order valence-corrected chi connectivity index (χ3v) is 4.64. The number of rotatable bonds is 5. The van der Waals surface area contributed by atoms with Crippen LogP contribution in [0.1, 0.15) is 32.6 Å². The van der Waals surface area contributed by atoms with Gasteiger partial charge in [-0.1, -0.05) is 12.8 Å². The van der Waals surface area contributed by atoms with Gasteiger partial charge in [0.25, 0.3) is 0 Å². The molecule has 19 heavy (non-hydrogen) atoms. The first-order chi connectivity index (χ1) is 8.81. The zero-order chi connectivity index (χ0) is 14.5. The van der Waals surface area contributed by atoms with E-state index in [0.717, 1.165) is 25.9 Å². The van der Waals surface area contributed by atoms with Gasteiger partial charge >= 0.3 is 0 Å². The van der Waals surface area contributed by atoms with Crippen molar-refractivity contribution in [3.05, 3.63) is 0 Å². The third kappa shape index (κ3) is 5.91. The smallest absolute Gasteiger partial charge is 0.239 e. The van der Waals surface area contributed by atoms with Crippen LogP contribution >= 0.6 is 0 Å². The Bertz CT molecular complexity index is 387. The molecule has 1 saturated heterocycles. The van der Waals surface area contributed by atoms with E-state index in [1.807, 2.05) is 6.92 Å². The second kappa shape index (κ2) is 7.24. The predicted molar refractivity (Wildman–Crippen MR) is 76.9 cm³/mol. The Morgan fingerprint density at radius 3 is 2.21 bits per heavy atom. The Labute approximate surface area is 116 Å². The molecule has 112 valence electrons. The maximum absolute atomic E-state index is 12.3. The molecular formula is C13H26N2O3S. The highest BCUT2D eigenvalue weighted by atomic mass is 32.2. The minimum absolute atomic E-state index is 0.0190. The van der Waals surface area contributed by atoms with Crippen molar-refractivity contribution in [1.29, 1.82) is 0 Å². The van der Waals surface area contributed by atoms with Crippen molar-refractivity contribution >= 4 is 15.7 Å². The lowest BCUT2D eigenvalue weighted by molar-refractivity contribution is -0.134. The molecule has 1 fully saturated rings. The Balaban J connectivity index is 2.50. The number of likely N-dealkylation sites (tertiary alicyclic amines) is 1. The molecule has 5 nitrogen and oxygen atoms in total. The summed E-state index contributed by atoms with van der Waals surface area (Å²) < 4.78 is 22.3. The van der Waals surface area contributed by atoms with Gasteiger partial charge < -0.3 is 4.90 Å². The number of likely N-dealkylation sites (N-methyl/N-ethyl adjacent to an activating group) is 1. The minimum atomic E-state index is -3.02. The quantitative estimate of drug-likeness (QED) is 0.750. The molecule has 0 aromatic carbocycles. The molecule has 1 heterocycles. The van der Waals surface area contributed by atoms with Crippen molar-refractivity contribution in [2.75, 3.05) is 38.7 Å². The highest BCUT2D eigenvalue weighted by Crippen LogP contribution is 2.13. The molecule has 0 aromatic heterocycles. The van der Waals surface area contributed by atoms with Gasteiger partial charge in [-0.15, -0.1) is 0 Å². The molecule has 0 aromatic rings.